The summed E-state index contributed by atoms with van der Waals surface area (Å²) in [5.74, 6) is 0. The van der Waals surface area contributed by atoms with Crippen molar-refractivity contribution in [2.24, 2.45) is 0 Å². The monoisotopic (exact) mass is 323 g/mol. The van der Waals surface area contributed by atoms with E-state index in [1.807, 2.05) is 0 Å². The van der Waals surface area contributed by atoms with Gasteiger partial charge in [0.15, 0.2) is 0 Å². The minimum atomic E-state index is -4.89. The van der Waals surface area contributed by atoms with Gasteiger partial charge in [0.1, 0.15) is 5.15 Å². The van der Waals surface area contributed by atoms with Crippen LogP contribution in [0.25, 0.3) is 0 Å². The minimum Gasteiger partial charge on any atom is -0.244 e. The smallest absolute Gasteiger partial charge is 0.244 e. The van der Waals surface area contributed by atoms with Crippen molar-refractivity contribution in [3.05, 3.63) is 28.0 Å². The van der Waals surface area contributed by atoms with Crippen LogP contribution in [0.3, 0.4) is 0 Å². The van der Waals surface area contributed by atoms with Gasteiger partial charge in [-0.25, -0.2) is 13.8 Å². The molecule has 0 bridgehead atoms. The van der Waals surface area contributed by atoms with Crippen LogP contribution in [0, 0.1) is 0 Å². The molecule has 0 aromatic carbocycles. The highest BCUT2D eigenvalue weighted by molar-refractivity contribution is 9.08. The average Bonchev–Trinajstić information content (AvgIpc) is 2.15. The zero-order chi connectivity index (χ0) is 12.5. The van der Waals surface area contributed by atoms with Crippen molar-refractivity contribution in [3.8, 4) is 0 Å². The Balaban J connectivity index is 3.54. The fraction of sp³-hybridized carbons (Fsp3) is 0.375. The molecule has 1 aromatic rings. The van der Waals surface area contributed by atoms with Crippen molar-refractivity contribution >= 4 is 27.5 Å². The third-order valence-electron chi connectivity index (χ3n) is 1.81. The first-order chi connectivity index (χ1) is 7.29. The van der Waals surface area contributed by atoms with Gasteiger partial charge >= 0.3 is 6.18 Å². The van der Waals surface area contributed by atoms with E-state index in [1.54, 1.807) is 0 Å². The fourth-order valence-electron chi connectivity index (χ4n) is 1.17. The Morgan fingerprint density at radius 1 is 1.38 bits per heavy atom. The van der Waals surface area contributed by atoms with Gasteiger partial charge in [-0.3, -0.25) is 0 Å². The van der Waals surface area contributed by atoms with E-state index in [0.29, 0.717) is 6.20 Å². The van der Waals surface area contributed by atoms with Crippen LogP contribution in [0.15, 0.2) is 6.20 Å². The predicted octanol–water partition coefficient (Wildman–Crippen LogP) is 4.59. The van der Waals surface area contributed by atoms with Crippen LogP contribution in [0.4, 0.5) is 22.0 Å². The zero-order valence-corrected chi connectivity index (χ0v) is 9.80. The fourth-order valence-corrected chi connectivity index (χ4v) is 2.09. The topological polar surface area (TPSA) is 12.9 Å². The predicted molar refractivity (Wildman–Crippen MR) is 51.8 cm³/mol. The Morgan fingerprint density at radius 3 is 2.31 bits per heavy atom. The van der Waals surface area contributed by atoms with Crippen LogP contribution in [-0.4, -0.2) is 4.98 Å². The van der Waals surface area contributed by atoms with E-state index < -0.39 is 34.4 Å². The number of hydrogen-bond acceptors (Lipinski definition) is 1. The lowest BCUT2D eigenvalue weighted by atomic mass is 10.1. The molecule has 1 heterocycles. The summed E-state index contributed by atoms with van der Waals surface area (Å²) in [6, 6.07) is 0. The molecule has 0 aliphatic carbocycles. The van der Waals surface area contributed by atoms with Gasteiger partial charge < -0.3 is 0 Å². The molecule has 0 unspecified atom stereocenters. The molecule has 1 rings (SSSR count). The van der Waals surface area contributed by atoms with E-state index in [0.717, 1.165) is 0 Å². The third kappa shape index (κ3) is 2.63. The quantitative estimate of drug-likeness (QED) is 0.440. The maximum Gasteiger partial charge on any atom is 0.417 e. The second kappa shape index (κ2) is 4.83. The Hall–Kier alpha value is -0.430. The number of hydrogen-bond donors (Lipinski definition) is 0. The summed E-state index contributed by atoms with van der Waals surface area (Å²) < 4.78 is 62.6. The van der Waals surface area contributed by atoms with Gasteiger partial charge in [-0.2, -0.15) is 13.2 Å². The molecule has 0 fully saturated rings. The molecular formula is C8H4BrClF5N. The van der Waals surface area contributed by atoms with Crippen molar-refractivity contribution in [2.45, 2.75) is 17.9 Å². The van der Waals surface area contributed by atoms with Gasteiger partial charge in [0.25, 0.3) is 6.43 Å². The number of rotatable bonds is 2. The van der Waals surface area contributed by atoms with Crippen molar-refractivity contribution in [2.75, 3.05) is 0 Å². The summed E-state index contributed by atoms with van der Waals surface area (Å²) in [6.45, 7) is 0. The molecule has 1 aromatic heterocycles. The van der Waals surface area contributed by atoms with Gasteiger partial charge in [0, 0.05) is 22.7 Å². The summed E-state index contributed by atoms with van der Waals surface area (Å²) in [5.41, 5.74) is -3.06. The maximum absolute atomic E-state index is 12.6. The molecule has 16 heavy (non-hydrogen) atoms. The summed E-state index contributed by atoms with van der Waals surface area (Å²) in [6.07, 6.45) is -7.69. The Morgan fingerprint density at radius 2 is 1.94 bits per heavy atom. The van der Waals surface area contributed by atoms with Gasteiger partial charge in [0.2, 0.25) is 0 Å². The molecule has 0 atom stereocenters. The number of pyridine rings is 1. The van der Waals surface area contributed by atoms with Gasteiger partial charge in [-0.1, -0.05) is 27.5 Å². The molecule has 0 aliphatic rings. The van der Waals surface area contributed by atoms with E-state index in [-0.39, 0.29) is 5.33 Å². The van der Waals surface area contributed by atoms with Gasteiger partial charge in [-0.05, 0) is 0 Å². The van der Waals surface area contributed by atoms with E-state index in [4.69, 9.17) is 11.6 Å². The SMILES string of the molecule is FC(F)c1cnc(Cl)c(CBr)c1C(F)(F)F. The molecule has 1 nitrogen and oxygen atoms in total. The number of nitrogens with zero attached hydrogens (tertiary/aromatic N) is 1. The Labute approximate surface area is 101 Å². The Bertz CT molecular complexity index is 393. The maximum atomic E-state index is 12.6. The lowest BCUT2D eigenvalue weighted by Crippen LogP contribution is -2.14. The molecule has 0 N–H and O–H groups in total. The van der Waals surface area contributed by atoms with Crippen molar-refractivity contribution in [1.29, 1.82) is 0 Å². The number of halogens is 7. The van der Waals surface area contributed by atoms with Crippen molar-refractivity contribution in [1.82, 2.24) is 4.98 Å². The minimum absolute atomic E-state index is 0.297. The molecule has 0 saturated heterocycles. The van der Waals surface area contributed by atoms with Crippen LogP contribution in [-0.2, 0) is 11.5 Å². The molecule has 0 spiro atoms. The average molecular weight is 324 g/mol. The highest BCUT2D eigenvalue weighted by Crippen LogP contribution is 2.40. The molecular weight excluding hydrogens is 320 g/mol. The largest absolute Gasteiger partial charge is 0.417 e. The first-order valence-corrected chi connectivity index (χ1v) is 5.37. The molecule has 8 heteroatoms. The normalized spacial score (nSPS) is 12.2. The van der Waals surface area contributed by atoms with Crippen LogP contribution in [0.2, 0.25) is 5.15 Å². The second-order valence-corrected chi connectivity index (χ2v) is 3.71. The van der Waals surface area contributed by atoms with Crippen molar-refractivity contribution in [3.63, 3.8) is 0 Å². The second-order valence-electron chi connectivity index (χ2n) is 2.79. The van der Waals surface area contributed by atoms with Crippen LogP contribution >= 0.6 is 27.5 Å². The van der Waals surface area contributed by atoms with E-state index >= 15 is 0 Å². The van der Waals surface area contributed by atoms with Crippen molar-refractivity contribution < 1.29 is 22.0 Å². The van der Waals surface area contributed by atoms with E-state index in [2.05, 4.69) is 20.9 Å². The molecule has 90 valence electrons. The summed E-state index contributed by atoms with van der Waals surface area (Å²) in [4.78, 5) is 3.30. The number of aromatic nitrogens is 1. The Kier molecular flexibility index (Phi) is 4.12. The molecule has 0 aliphatic heterocycles. The van der Waals surface area contributed by atoms with Gasteiger partial charge in [-0.15, -0.1) is 0 Å². The summed E-state index contributed by atoms with van der Waals surface area (Å²) >= 11 is 8.19. The van der Waals surface area contributed by atoms with E-state index in [1.165, 1.54) is 0 Å². The summed E-state index contributed by atoms with van der Waals surface area (Å²) in [5, 5.41) is -0.734. The molecule has 0 saturated carbocycles. The van der Waals surface area contributed by atoms with Crippen LogP contribution in [0.1, 0.15) is 23.1 Å². The highest BCUT2D eigenvalue weighted by atomic mass is 79.9. The zero-order valence-electron chi connectivity index (χ0n) is 7.45. The third-order valence-corrected chi connectivity index (χ3v) is 2.70. The van der Waals surface area contributed by atoms with Crippen LogP contribution in [0.5, 0.6) is 0 Å². The first-order valence-electron chi connectivity index (χ1n) is 3.87. The highest BCUT2D eigenvalue weighted by Gasteiger charge is 2.39. The summed E-state index contributed by atoms with van der Waals surface area (Å²) in [7, 11) is 0. The van der Waals surface area contributed by atoms with Gasteiger partial charge in [0.05, 0.1) is 5.56 Å². The van der Waals surface area contributed by atoms with Crippen LogP contribution < -0.4 is 0 Å². The molecule has 0 radical (unpaired) electrons. The lowest BCUT2D eigenvalue weighted by Gasteiger charge is -2.16. The standard InChI is InChI=1S/C8H4BrClF5N/c9-1-3-5(8(13,14)15)4(7(11)12)2-16-6(3)10/h2,7H,1H2. The lowest BCUT2D eigenvalue weighted by molar-refractivity contribution is -0.140. The molecule has 0 amide bonds. The first kappa shape index (κ1) is 13.6. The number of alkyl halides is 6. The van der Waals surface area contributed by atoms with E-state index in [9.17, 15) is 22.0 Å².